The summed E-state index contributed by atoms with van der Waals surface area (Å²) in [6.07, 6.45) is 1.67. The van der Waals surface area contributed by atoms with Crippen molar-refractivity contribution in [2.24, 2.45) is 0 Å². The van der Waals surface area contributed by atoms with Gasteiger partial charge in [-0.1, -0.05) is 40.9 Å². The molecular weight excluding hydrogens is 319 g/mol. The van der Waals surface area contributed by atoms with Crippen molar-refractivity contribution >= 4 is 46.3 Å². The van der Waals surface area contributed by atoms with Gasteiger partial charge in [0.1, 0.15) is 11.0 Å². The van der Waals surface area contributed by atoms with Gasteiger partial charge in [0.15, 0.2) is 5.65 Å². The van der Waals surface area contributed by atoms with Gasteiger partial charge in [0.25, 0.3) is 0 Å². The minimum atomic E-state index is 0.412. The molecule has 0 unspecified atom stereocenters. The van der Waals surface area contributed by atoms with Gasteiger partial charge >= 0.3 is 0 Å². The third-order valence-electron chi connectivity index (χ3n) is 2.79. The summed E-state index contributed by atoms with van der Waals surface area (Å²) >= 11 is 17.9. The average molecular weight is 328 g/mol. The van der Waals surface area contributed by atoms with Crippen LogP contribution in [0, 0.1) is 0 Å². The Hall–Kier alpha value is -1.49. The normalized spacial score (nSPS) is 10.9. The van der Waals surface area contributed by atoms with Gasteiger partial charge in [-0.3, -0.25) is 0 Å². The molecule has 0 radical (unpaired) electrons. The van der Waals surface area contributed by atoms with E-state index in [1.165, 1.54) is 0 Å². The predicted molar refractivity (Wildman–Crippen MR) is 81.8 cm³/mol. The zero-order valence-corrected chi connectivity index (χ0v) is 12.4. The fourth-order valence-corrected chi connectivity index (χ4v) is 2.36. The molecule has 2 aromatic heterocycles. The monoisotopic (exact) mass is 326 g/mol. The molecule has 3 aromatic rings. The van der Waals surface area contributed by atoms with Gasteiger partial charge in [-0.15, -0.1) is 0 Å². The van der Waals surface area contributed by atoms with Crippen molar-refractivity contribution in [2.75, 3.05) is 5.32 Å². The van der Waals surface area contributed by atoms with Gasteiger partial charge in [0.05, 0.1) is 16.2 Å². The van der Waals surface area contributed by atoms with E-state index in [0.29, 0.717) is 27.4 Å². The Labute approximate surface area is 130 Å². The molecule has 0 aliphatic rings. The quantitative estimate of drug-likeness (QED) is 0.729. The zero-order chi connectivity index (χ0) is 14.1. The molecule has 20 heavy (non-hydrogen) atoms. The van der Waals surface area contributed by atoms with Crippen LogP contribution in [0.1, 0.15) is 5.56 Å². The van der Waals surface area contributed by atoms with E-state index >= 15 is 0 Å². The molecule has 0 saturated carbocycles. The SMILES string of the molecule is Clc1cc(NCc2ccc(Cl)c(Cl)c2)n2nccc2n1. The van der Waals surface area contributed by atoms with Crippen molar-refractivity contribution < 1.29 is 0 Å². The summed E-state index contributed by atoms with van der Waals surface area (Å²) in [6.45, 7) is 0.576. The molecule has 0 aliphatic heterocycles. The highest BCUT2D eigenvalue weighted by atomic mass is 35.5. The van der Waals surface area contributed by atoms with Crippen molar-refractivity contribution in [1.29, 1.82) is 0 Å². The van der Waals surface area contributed by atoms with Gasteiger partial charge in [-0.25, -0.2) is 4.98 Å². The maximum Gasteiger partial charge on any atom is 0.159 e. The fourth-order valence-electron chi connectivity index (χ4n) is 1.85. The van der Waals surface area contributed by atoms with E-state index in [1.807, 2.05) is 12.1 Å². The number of fused-ring (bicyclic) bond motifs is 1. The molecule has 4 nitrogen and oxygen atoms in total. The highest BCUT2D eigenvalue weighted by Gasteiger charge is 2.05. The third-order valence-corrected chi connectivity index (χ3v) is 3.72. The number of nitrogens with zero attached hydrogens (tertiary/aromatic N) is 3. The lowest BCUT2D eigenvalue weighted by molar-refractivity contribution is 0.925. The highest BCUT2D eigenvalue weighted by Crippen LogP contribution is 2.23. The number of nitrogens with one attached hydrogen (secondary N) is 1. The number of hydrogen-bond donors (Lipinski definition) is 1. The standard InChI is InChI=1S/C13H9Cl3N4/c14-9-2-1-8(5-10(9)15)7-17-13-6-11(16)19-12-3-4-18-20(12)13/h1-6,17H,7H2. The maximum atomic E-state index is 5.99. The van der Waals surface area contributed by atoms with E-state index in [0.717, 1.165) is 11.4 Å². The first-order valence-corrected chi connectivity index (χ1v) is 6.95. The van der Waals surface area contributed by atoms with E-state index in [1.54, 1.807) is 28.9 Å². The van der Waals surface area contributed by atoms with Crippen molar-refractivity contribution in [1.82, 2.24) is 14.6 Å². The number of anilines is 1. The third kappa shape index (κ3) is 2.68. The maximum absolute atomic E-state index is 5.99. The van der Waals surface area contributed by atoms with E-state index in [4.69, 9.17) is 34.8 Å². The molecule has 3 rings (SSSR count). The van der Waals surface area contributed by atoms with Crippen LogP contribution < -0.4 is 5.32 Å². The van der Waals surface area contributed by atoms with Gasteiger partial charge in [0, 0.05) is 18.7 Å². The molecule has 102 valence electrons. The Morgan fingerprint density at radius 1 is 1.05 bits per heavy atom. The molecular formula is C13H9Cl3N4. The van der Waals surface area contributed by atoms with E-state index in [-0.39, 0.29) is 0 Å². The van der Waals surface area contributed by atoms with Crippen LogP contribution in [0.3, 0.4) is 0 Å². The summed E-state index contributed by atoms with van der Waals surface area (Å²) in [4.78, 5) is 4.16. The van der Waals surface area contributed by atoms with E-state index < -0.39 is 0 Å². The second-order valence-electron chi connectivity index (χ2n) is 4.17. The Kier molecular flexibility index (Phi) is 3.70. The van der Waals surface area contributed by atoms with Crippen molar-refractivity contribution in [3.63, 3.8) is 0 Å². The van der Waals surface area contributed by atoms with Crippen molar-refractivity contribution in [2.45, 2.75) is 6.54 Å². The highest BCUT2D eigenvalue weighted by molar-refractivity contribution is 6.42. The molecule has 0 aliphatic carbocycles. The lowest BCUT2D eigenvalue weighted by atomic mass is 10.2. The number of aromatic nitrogens is 3. The Balaban J connectivity index is 1.86. The number of halogens is 3. The topological polar surface area (TPSA) is 42.2 Å². The second-order valence-corrected chi connectivity index (χ2v) is 5.37. The number of benzene rings is 1. The first-order chi connectivity index (χ1) is 9.63. The predicted octanol–water partition coefficient (Wildman–Crippen LogP) is 4.30. The van der Waals surface area contributed by atoms with E-state index in [2.05, 4.69) is 15.4 Å². The molecule has 0 bridgehead atoms. The summed E-state index contributed by atoms with van der Waals surface area (Å²) < 4.78 is 1.68. The van der Waals surface area contributed by atoms with Gasteiger partial charge in [-0.2, -0.15) is 9.61 Å². The van der Waals surface area contributed by atoms with Gasteiger partial charge in [-0.05, 0) is 17.7 Å². The Morgan fingerprint density at radius 3 is 2.70 bits per heavy atom. The first kappa shape index (κ1) is 13.5. The zero-order valence-electron chi connectivity index (χ0n) is 10.1. The minimum Gasteiger partial charge on any atom is -0.366 e. The lowest BCUT2D eigenvalue weighted by Gasteiger charge is -2.09. The van der Waals surface area contributed by atoms with Crippen molar-refractivity contribution in [3.05, 3.63) is 57.3 Å². The average Bonchev–Trinajstić information content (AvgIpc) is 2.88. The van der Waals surface area contributed by atoms with Crippen LogP contribution in [0.4, 0.5) is 5.82 Å². The summed E-state index contributed by atoms with van der Waals surface area (Å²) in [7, 11) is 0. The van der Waals surface area contributed by atoms with Crippen LogP contribution in [0.15, 0.2) is 36.5 Å². The molecule has 1 aromatic carbocycles. The molecule has 0 amide bonds. The number of hydrogen-bond acceptors (Lipinski definition) is 3. The first-order valence-electron chi connectivity index (χ1n) is 5.81. The van der Waals surface area contributed by atoms with Gasteiger partial charge in [0.2, 0.25) is 0 Å². The van der Waals surface area contributed by atoms with Crippen LogP contribution in [-0.2, 0) is 6.54 Å². The summed E-state index contributed by atoms with van der Waals surface area (Å²) in [6, 6.07) is 9.00. The van der Waals surface area contributed by atoms with Crippen LogP contribution >= 0.6 is 34.8 Å². The van der Waals surface area contributed by atoms with Crippen LogP contribution in [0.5, 0.6) is 0 Å². The largest absolute Gasteiger partial charge is 0.366 e. The lowest BCUT2D eigenvalue weighted by Crippen LogP contribution is -2.06. The fraction of sp³-hybridized carbons (Fsp3) is 0.0769. The summed E-state index contributed by atoms with van der Waals surface area (Å²) in [5, 5.41) is 8.92. The molecule has 0 fully saturated rings. The summed E-state index contributed by atoms with van der Waals surface area (Å²) in [5.41, 5.74) is 1.70. The van der Waals surface area contributed by atoms with Crippen LogP contribution in [0.25, 0.3) is 5.65 Å². The number of rotatable bonds is 3. The van der Waals surface area contributed by atoms with Crippen molar-refractivity contribution in [3.8, 4) is 0 Å². The Morgan fingerprint density at radius 2 is 1.90 bits per heavy atom. The Bertz CT molecular complexity index is 769. The van der Waals surface area contributed by atoms with Crippen LogP contribution in [0.2, 0.25) is 15.2 Å². The molecule has 0 saturated heterocycles. The summed E-state index contributed by atoms with van der Waals surface area (Å²) in [5.74, 6) is 0.760. The smallest absolute Gasteiger partial charge is 0.159 e. The molecule has 7 heteroatoms. The molecule has 0 spiro atoms. The minimum absolute atomic E-state index is 0.412. The molecule has 2 heterocycles. The molecule has 0 atom stereocenters. The van der Waals surface area contributed by atoms with E-state index in [9.17, 15) is 0 Å². The van der Waals surface area contributed by atoms with Gasteiger partial charge < -0.3 is 5.32 Å². The molecule has 1 N–H and O–H groups in total. The van der Waals surface area contributed by atoms with Crippen LogP contribution in [-0.4, -0.2) is 14.6 Å². The second kappa shape index (κ2) is 5.48.